The molecular formula is C27H32FN7O3. The molecule has 0 bridgehead atoms. The van der Waals surface area contributed by atoms with Gasteiger partial charge in [-0.1, -0.05) is 25.5 Å². The summed E-state index contributed by atoms with van der Waals surface area (Å²) in [5.41, 5.74) is 13.9. The number of benzene rings is 2. The number of carbonyl (C=O) groups is 1. The van der Waals surface area contributed by atoms with E-state index in [1.807, 2.05) is 4.90 Å². The number of methoxy groups -OCH3 is 2. The lowest BCUT2D eigenvalue weighted by atomic mass is 10.0. The number of halogens is 1. The van der Waals surface area contributed by atoms with Gasteiger partial charge in [-0.15, -0.1) is 0 Å². The first-order valence-electron chi connectivity index (χ1n) is 12.5. The minimum Gasteiger partial charge on any atom is -0.493 e. The molecule has 2 aromatic carbocycles. The smallest absolute Gasteiger partial charge is 0.228 e. The van der Waals surface area contributed by atoms with Gasteiger partial charge in [0.25, 0.3) is 0 Å². The first-order chi connectivity index (χ1) is 18.3. The molecule has 2 atom stereocenters. The number of nitrogens with zero attached hydrogens (tertiary/aromatic N) is 5. The zero-order valence-corrected chi connectivity index (χ0v) is 21.8. The third kappa shape index (κ3) is 5.26. The zero-order valence-electron chi connectivity index (χ0n) is 21.8. The average Bonchev–Trinajstić information content (AvgIpc) is 2.93. The van der Waals surface area contributed by atoms with Gasteiger partial charge in [-0.2, -0.15) is 10.2 Å². The van der Waals surface area contributed by atoms with Crippen LogP contribution < -0.4 is 25.8 Å². The maximum atomic E-state index is 15.3. The number of nitriles is 1. The average molecular weight is 522 g/mol. The van der Waals surface area contributed by atoms with Gasteiger partial charge in [0.15, 0.2) is 17.3 Å². The van der Waals surface area contributed by atoms with E-state index in [0.29, 0.717) is 36.5 Å². The van der Waals surface area contributed by atoms with Crippen LogP contribution in [0.25, 0.3) is 10.9 Å². The fourth-order valence-corrected chi connectivity index (χ4v) is 4.83. The highest BCUT2D eigenvalue weighted by atomic mass is 19.1. The Hall–Kier alpha value is -4.17. The summed E-state index contributed by atoms with van der Waals surface area (Å²) in [6.07, 6.45) is 1.80. The summed E-state index contributed by atoms with van der Waals surface area (Å²) in [7, 11) is 2.78. The maximum Gasteiger partial charge on any atom is 0.228 e. The summed E-state index contributed by atoms with van der Waals surface area (Å²) < 4.78 is 25.7. The van der Waals surface area contributed by atoms with Crippen LogP contribution >= 0.6 is 0 Å². The number of hydrogen-bond donors (Lipinski definition) is 2. The Bertz CT molecular complexity index is 1360. The van der Waals surface area contributed by atoms with E-state index in [9.17, 15) is 4.79 Å². The van der Waals surface area contributed by atoms with Gasteiger partial charge >= 0.3 is 0 Å². The lowest BCUT2D eigenvalue weighted by molar-refractivity contribution is -0.132. The Morgan fingerprint density at radius 1 is 1.24 bits per heavy atom. The number of ether oxygens (including phenoxy) is 2. The molecule has 4 rings (SSSR count). The van der Waals surface area contributed by atoms with Crippen molar-refractivity contribution < 1.29 is 18.7 Å². The molecule has 10 nitrogen and oxygen atoms in total. The number of carbonyl (C=O) groups excluding carboxylic acids is 1. The second-order valence-corrected chi connectivity index (χ2v) is 9.25. The molecule has 4 N–H and O–H groups in total. The molecule has 3 aromatic rings. The normalized spacial score (nSPS) is 16.3. The largest absolute Gasteiger partial charge is 0.493 e. The van der Waals surface area contributed by atoms with Crippen LogP contribution in [0, 0.1) is 17.1 Å². The third-order valence-electron chi connectivity index (χ3n) is 6.87. The molecular weight excluding hydrogens is 489 g/mol. The van der Waals surface area contributed by atoms with Gasteiger partial charge in [-0.05, 0) is 30.2 Å². The van der Waals surface area contributed by atoms with Crippen molar-refractivity contribution in [3.63, 3.8) is 0 Å². The summed E-state index contributed by atoms with van der Waals surface area (Å²) >= 11 is 0. The predicted molar refractivity (Wildman–Crippen MR) is 142 cm³/mol. The van der Waals surface area contributed by atoms with Crippen LogP contribution in [0.3, 0.4) is 0 Å². The molecule has 2 heterocycles. The van der Waals surface area contributed by atoms with Crippen LogP contribution in [0.2, 0.25) is 0 Å². The van der Waals surface area contributed by atoms with Gasteiger partial charge in [0.05, 0.1) is 25.9 Å². The minimum absolute atomic E-state index is 0.0484. The molecule has 0 aliphatic carbocycles. The number of fused-ring (bicyclic) bond motifs is 1. The summed E-state index contributed by atoms with van der Waals surface area (Å²) in [4.78, 5) is 26.0. The number of anilines is 2. The molecule has 0 saturated carbocycles. The molecule has 1 fully saturated rings. The molecule has 1 aromatic heterocycles. The lowest BCUT2D eigenvalue weighted by Gasteiger charge is -2.42. The van der Waals surface area contributed by atoms with Gasteiger partial charge in [0.1, 0.15) is 11.3 Å². The molecule has 1 amide bonds. The van der Waals surface area contributed by atoms with E-state index < -0.39 is 11.9 Å². The third-order valence-corrected chi connectivity index (χ3v) is 6.87. The first-order valence-corrected chi connectivity index (χ1v) is 12.5. The van der Waals surface area contributed by atoms with Crippen LogP contribution in [-0.4, -0.2) is 60.7 Å². The lowest BCUT2D eigenvalue weighted by Crippen LogP contribution is -2.55. The van der Waals surface area contributed by atoms with Gasteiger partial charge < -0.3 is 30.7 Å². The van der Waals surface area contributed by atoms with Crippen molar-refractivity contribution in [2.75, 3.05) is 44.5 Å². The number of nitrogen functional groups attached to an aromatic ring is 1. The van der Waals surface area contributed by atoms with Crippen molar-refractivity contribution in [3.05, 3.63) is 47.3 Å². The monoisotopic (exact) mass is 521 g/mol. The Kier molecular flexibility index (Phi) is 8.12. The number of hydrogen-bond acceptors (Lipinski definition) is 9. The van der Waals surface area contributed by atoms with Gasteiger partial charge in [-0.3, -0.25) is 4.79 Å². The van der Waals surface area contributed by atoms with Crippen molar-refractivity contribution >= 4 is 28.6 Å². The van der Waals surface area contributed by atoms with Gasteiger partial charge in [-0.25, -0.2) is 9.37 Å². The molecule has 1 aliphatic heterocycles. The number of nitrogens with two attached hydrogens (primary N) is 2. The van der Waals surface area contributed by atoms with Crippen LogP contribution in [-0.2, 0) is 4.79 Å². The maximum absolute atomic E-state index is 15.3. The molecule has 2 unspecified atom stereocenters. The van der Waals surface area contributed by atoms with Crippen molar-refractivity contribution in [1.29, 1.82) is 5.26 Å². The standard InChI is InChI=1S/C27H32FN7O3/c1-4-5-18-15-34(22(36)13-20(30)17-8-6-16(14-29)7-9-17)10-11-35(18)27-32-24-19(26(31)33-27)12-21(37-2)25(38-3)23(24)28/h6-9,12,18,20H,4-5,10-11,13,15,30H2,1-3H3,(H2,31,32,33). The fourth-order valence-electron chi connectivity index (χ4n) is 4.83. The van der Waals surface area contributed by atoms with Gasteiger partial charge in [0.2, 0.25) is 11.9 Å². The van der Waals surface area contributed by atoms with Crippen molar-refractivity contribution in [2.45, 2.75) is 38.3 Å². The first kappa shape index (κ1) is 26.9. The summed E-state index contributed by atoms with van der Waals surface area (Å²) in [5, 5.41) is 9.32. The Morgan fingerprint density at radius 3 is 2.61 bits per heavy atom. The Balaban J connectivity index is 1.55. The molecule has 0 spiro atoms. The summed E-state index contributed by atoms with van der Waals surface area (Å²) in [6, 6.07) is 10.0. The Labute approximate surface area is 220 Å². The van der Waals surface area contributed by atoms with Crippen LogP contribution in [0.5, 0.6) is 11.5 Å². The number of aromatic nitrogens is 2. The quantitative estimate of drug-likeness (QED) is 0.457. The van der Waals surface area contributed by atoms with E-state index >= 15 is 4.39 Å². The van der Waals surface area contributed by atoms with E-state index in [4.69, 9.17) is 26.2 Å². The van der Waals surface area contributed by atoms with E-state index in [1.165, 1.54) is 14.2 Å². The molecule has 11 heteroatoms. The van der Waals surface area contributed by atoms with Crippen LogP contribution in [0.15, 0.2) is 30.3 Å². The van der Waals surface area contributed by atoms with Gasteiger partial charge in [0, 0.05) is 43.5 Å². The summed E-state index contributed by atoms with van der Waals surface area (Å²) in [6.45, 7) is 3.42. The van der Waals surface area contributed by atoms with Crippen molar-refractivity contribution in [2.24, 2.45) is 5.73 Å². The molecule has 1 aliphatic rings. The highest BCUT2D eigenvalue weighted by Crippen LogP contribution is 2.38. The van der Waals surface area contributed by atoms with E-state index in [-0.39, 0.29) is 41.2 Å². The number of piperazine rings is 1. The topological polar surface area (TPSA) is 144 Å². The number of rotatable bonds is 8. The SMILES string of the molecule is CCCC1CN(C(=O)CC(N)c2ccc(C#N)cc2)CCN1c1nc(N)c2cc(OC)c(OC)c(F)c2n1. The molecule has 200 valence electrons. The predicted octanol–water partition coefficient (Wildman–Crippen LogP) is 3.15. The van der Waals surface area contributed by atoms with E-state index in [2.05, 4.69) is 23.0 Å². The Morgan fingerprint density at radius 2 is 1.97 bits per heavy atom. The molecule has 38 heavy (non-hydrogen) atoms. The van der Waals surface area contributed by atoms with Crippen molar-refractivity contribution in [1.82, 2.24) is 14.9 Å². The molecule has 1 saturated heterocycles. The zero-order chi connectivity index (χ0) is 27.4. The van der Waals surface area contributed by atoms with Crippen LogP contribution in [0.4, 0.5) is 16.2 Å². The second kappa shape index (κ2) is 11.5. The molecule has 0 radical (unpaired) electrons. The fraction of sp³-hybridized carbons (Fsp3) is 0.407. The second-order valence-electron chi connectivity index (χ2n) is 9.25. The van der Waals surface area contributed by atoms with E-state index in [0.717, 1.165) is 18.4 Å². The summed E-state index contributed by atoms with van der Waals surface area (Å²) in [5.74, 6) is -0.133. The van der Waals surface area contributed by atoms with Crippen molar-refractivity contribution in [3.8, 4) is 17.6 Å². The van der Waals surface area contributed by atoms with Crippen LogP contribution in [0.1, 0.15) is 43.4 Å². The minimum atomic E-state index is -0.671. The van der Waals surface area contributed by atoms with E-state index in [1.54, 1.807) is 35.2 Å². The number of amides is 1. The highest BCUT2D eigenvalue weighted by molar-refractivity contribution is 5.92. The highest BCUT2D eigenvalue weighted by Gasteiger charge is 2.32.